The number of nitrogens with one attached hydrogen (secondary N) is 1. The number of rotatable bonds is 6. The maximum absolute atomic E-state index is 11.4. The smallest absolute Gasteiger partial charge is 0.407 e. The standard InChI is InChI=1S/C10H20N2O3/c1-4-6-7-12(3)9(13)8-11-10(14)15-5-2/h4-8H2,1-3H3,(H,11,14). The monoisotopic (exact) mass is 216 g/mol. The van der Waals surface area contributed by atoms with Gasteiger partial charge in [0.05, 0.1) is 6.61 Å². The molecule has 0 rings (SSSR count). The normalized spacial score (nSPS) is 9.53. The zero-order valence-corrected chi connectivity index (χ0v) is 9.71. The van der Waals surface area contributed by atoms with E-state index >= 15 is 0 Å². The molecule has 0 aliphatic carbocycles. The van der Waals surface area contributed by atoms with E-state index in [9.17, 15) is 9.59 Å². The minimum Gasteiger partial charge on any atom is -0.450 e. The lowest BCUT2D eigenvalue weighted by Gasteiger charge is -2.16. The van der Waals surface area contributed by atoms with Crippen molar-refractivity contribution < 1.29 is 14.3 Å². The number of ether oxygens (including phenoxy) is 1. The largest absolute Gasteiger partial charge is 0.450 e. The molecule has 0 fully saturated rings. The Kier molecular flexibility index (Phi) is 7.40. The first kappa shape index (κ1) is 13.7. The minimum absolute atomic E-state index is 0.000945. The number of likely N-dealkylation sites (N-methyl/N-ethyl adjacent to an activating group) is 1. The summed E-state index contributed by atoms with van der Waals surface area (Å²) in [6.45, 7) is 4.81. The number of carbonyl (C=O) groups is 2. The Hall–Kier alpha value is -1.26. The van der Waals surface area contributed by atoms with Gasteiger partial charge in [-0.05, 0) is 13.3 Å². The van der Waals surface area contributed by atoms with Crippen molar-refractivity contribution in [1.82, 2.24) is 10.2 Å². The molecule has 5 heteroatoms. The van der Waals surface area contributed by atoms with Crippen molar-refractivity contribution in [2.24, 2.45) is 0 Å². The second-order valence-corrected chi connectivity index (χ2v) is 3.24. The van der Waals surface area contributed by atoms with Crippen LogP contribution in [-0.2, 0) is 9.53 Å². The second-order valence-electron chi connectivity index (χ2n) is 3.24. The van der Waals surface area contributed by atoms with Crippen molar-refractivity contribution >= 4 is 12.0 Å². The summed E-state index contributed by atoms with van der Waals surface area (Å²) in [4.78, 5) is 23.9. The lowest BCUT2D eigenvalue weighted by Crippen LogP contribution is -2.38. The Labute approximate surface area is 90.8 Å². The first-order chi connectivity index (χ1) is 7.11. The van der Waals surface area contributed by atoms with Crippen LogP contribution in [0.25, 0.3) is 0 Å². The Morgan fingerprint density at radius 3 is 2.53 bits per heavy atom. The number of hydrogen-bond donors (Lipinski definition) is 1. The van der Waals surface area contributed by atoms with Crippen molar-refractivity contribution in [3.63, 3.8) is 0 Å². The van der Waals surface area contributed by atoms with Gasteiger partial charge in [0, 0.05) is 13.6 Å². The minimum atomic E-state index is -0.547. The third-order valence-electron chi connectivity index (χ3n) is 1.93. The second kappa shape index (κ2) is 8.08. The molecule has 5 nitrogen and oxygen atoms in total. The maximum Gasteiger partial charge on any atom is 0.407 e. The molecule has 0 radical (unpaired) electrons. The van der Waals surface area contributed by atoms with Crippen LogP contribution in [0.2, 0.25) is 0 Å². The van der Waals surface area contributed by atoms with E-state index < -0.39 is 6.09 Å². The highest BCUT2D eigenvalue weighted by Crippen LogP contribution is 1.91. The molecule has 0 heterocycles. The van der Waals surface area contributed by atoms with Gasteiger partial charge in [0.25, 0.3) is 0 Å². The molecule has 0 saturated carbocycles. The van der Waals surface area contributed by atoms with Gasteiger partial charge in [-0.3, -0.25) is 4.79 Å². The molecular formula is C10H20N2O3. The van der Waals surface area contributed by atoms with Crippen LogP contribution in [0.1, 0.15) is 26.7 Å². The lowest BCUT2D eigenvalue weighted by molar-refractivity contribution is -0.128. The fraction of sp³-hybridized carbons (Fsp3) is 0.800. The molecule has 0 aliphatic heterocycles. The molecule has 15 heavy (non-hydrogen) atoms. The number of unbranched alkanes of at least 4 members (excludes halogenated alkanes) is 1. The van der Waals surface area contributed by atoms with Gasteiger partial charge in [-0.25, -0.2) is 4.79 Å². The Morgan fingerprint density at radius 2 is 2.00 bits per heavy atom. The molecule has 0 aromatic rings. The highest BCUT2D eigenvalue weighted by atomic mass is 16.5. The summed E-state index contributed by atoms with van der Waals surface area (Å²) in [6.07, 6.45) is 1.47. The van der Waals surface area contributed by atoms with E-state index in [0.29, 0.717) is 6.61 Å². The van der Waals surface area contributed by atoms with Crippen molar-refractivity contribution in [2.45, 2.75) is 26.7 Å². The molecule has 0 aromatic heterocycles. The molecule has 0 saturated heterocycles. The van der Waals surface area contributed by atoms with Gasteiger partial charge in [-0.1, -0.05) is 13.3 Å². The molecule has 0 spiro atoms. The molecule has 2 amide bonds. The highest BCUT2D eigenvalue weighted by molar-refractivity contribution is 5.81. The van der Waals surface area contributed by atoms with Gasteiger partial charge in [0.1, 0.15) is 6.54 Å². The van der Waals surface area contributed by atoms with Crippen LogP contribution in [0, 0.1) is 0 Å². The van der Waals surface area contributed by atoms with E-state index in [-0.39, 0.29) is 12.5 Å². The van der Waals surface area contributed by atoms with Crippen molar-refractivity contribution in [2.75, 3.05) is 26.7 Å². The third-order valence-corrected chi connectivity index (χ3v) is 1.93. The van der Waals surface area contributed by atoms with E-state index in [1.54, 1.807) is 18.9 Å². The Morgan fingerprint density at radius 1 is 1.33 bits per heavy atom. The summed E-state index contributed by atoms with van der Waals surface area (Å²) in [7, 11) is 1.73. The first-order valence-corrected chi connectivity index (χ1v) is 5.26. The van der Waals surface area contributed by atoms with Crippen molar-refractivity contribution in [1.29, 1.82) is 0 Å². The summed E-state index contributed by atoms with van der Waals surface area (Å²) < 4.78 is 4.63. The van der Waals surface area contributed by atoms with Crippen LogP contribution in [0.15, 0.2) is 0 Å². The molecular weight excluding hydrogens is 196 g/mol. The molecule has 1 N–H and O–H groups in total. The summed E-state index contributed by atoms with van der Waals surface area (Å²) in [5.74, 6) is -0.100. The van der Waals surface area contributed by atoms with E-state index in [1.165, 1.54) is 0 Å². The quantitative estimate of drug-likeness (QED) is 0.720. The molecule has 0 aromatic carbocycles. The van der Waals surface area contributed by atoms with Gasteiger partial charge >= 0.3 is 6.09 Å². The molecule has 0 bridgehead atoms. The van der Waals surface area contributed by atoms with Crippen LogP contribution in [0.3, 0.4) is 0 Å². The van der Waals surface area contributed by atoms with E-state index in [1.807, 2.05) is 0 Å². The van der Waals surface area contributed by atoms with Gasteiger partial charge in [-0.2, -0.15) is 0 Å². The maximum atomic E-state index is 11.4. The number of nitrogens with zero attached hydrogens (tertiary/aromatic N) is 1. The average Bonchev–Trinajstić information content (AvgIpc) is 2.22. The molecule has 0 unspecified atom stereocenters. The average molecular weight is 216 g/mol. The summed E-state index contributed by atoms with van der Waals surface area (Å²) in [5.41, 5.74) is 0. The zero-order chi connectivity index (χ0) is 11.7. The van der Waals surface area contributed by atoms with Crippen LogP contribution in [-0.4, -0.2) is 43.6 Å². The van der Waals surface area contributed by atoms with E-state index in [0.717, 1.165) is 19.4 Å². The highest BCUT2D eigenvalue weighted by Gasteiger charge is 2.09. The predicted octanol–water partition coefficient (Wildman–Crippen LogP) is 0.991. The number of hydrogen-bond acceptors (Lipinski definition) is 3. The van der Waals surface area contributed by atoms with Crippen LogP contribution in [0.4, 0.5) is 4.79 Å². The predicted molar refractivity (Wildman–Crippen MR) is 57.6 cm³/mol. The number of carbonyl (C=O) groups excluding carboxylic acids is 2. The topological polar surface area (TPSA) is 58.6 Å². The first-order valence-electron chi connectivity index (χ1n) is 5.26. The SMILES string of the molecule is CCCCN(C)C(=O)CNC(=O)OCC. The fourth-order valence-electron chi connectivity index (χ4n) is 0.985. The van der Waals surface area contributed by atoms with Crippen LogP contribution < -0.4 is 5.32 Å². The summed E-state index contributed by atoms with van der Waals surface area (Å²) >= 11 is 0. The van der Waals surface area contributed by atoms with Gasteiger partial charge in [0.2, 0.25) is 5.91 Å². The molecule has 0 atom stereocenters. The molecule has 0 aliphatic rings. The van der Waals surface area contributed by atoms with Crippen molar-refractivity contribution in [3.8, 4) is 0 Å². The molecule has 88 valence electrons. The lowest BCUT2D eigenvalue weighted by atomic mass is 10.3. The third kappa shape index (κ3) is 6.76. The zero-order valence-electron chi connectivity index (χ0n) is 9.71. The number of alkyl carbamates (subject to hydrolysis) is 1. The van der Waals surface area contributed by atoms with Gasteiger partial charge in [0.15, 0.2) is 0 Å². The Balaban J connectivity index is 3.68. The Bertz CT molecular complexity index is 207. The summed E-state index contributed by atoms with van der Waals surface area (Å²) in [6, 6.07) is 0. The van der Waals surface area contributed by atoms with Crippen LogP contribution >= 0.6 is 0 Å². The fourth-order valence-corrected chi connectivity index (χ4v) is 0.985. The number of amides is 2. The van der Waals surface area contributed by atoms with Gasteiger partial charge in [-0.15, -0.1) is 0 Å². The van der Waals surface area contributed by atoms with E-state index in [2.05, 4.69) is 17.0 Å². The summed E-state index contributed by atoms with van der Waals surface area (Å²) in [5, 5.41) is 2.39. The van der Waals surface area contributed by atoms with Crippen LogP contribution in [0.5, 0.6) is 0 Å². The van der Waals surface area contributed by atoms with Crippen molar-refractivity contribution in [3.05, 3.63) is 0 Å². The van der Waals surface area contributed by atoms with Gasteiger partial charge < -0.3 is 15.0 Å². The van der Waals surface area contributed by atoms with E-state index in [4.69, 9.17) is 0 Å².